The first-order chi connectivity index (χ1) is 8.66. The van der Waals surface area contributed by atoms with Crippen molar-refractivity contribution in [2.75, 3.05) is 0 Å². The van der Waals surface area contributed by atoms with Crippen molar-refractivity contribution in [3.05, 3.63) is 0 Å². The van der Waals surface area contributed by atoms with Crippen LogP contribution in [0.3, 0.4) is 0 Å². The van der Waals surface area contributed by atoms with E-state index in [1.54, 1.807) is 4.90 Å². The van der Waals surface area contributed by atoms with E-state index in [0.717, 1.165) is 32.1 Å². The van der Waals surface area contributed by atoms with Crippen LogP contribution in [0.15, 0.2) is 0 Å². The van der Waals surface area contributed by atoms with Crippen LogP contribution in [0.2, 0.25) is 0 Å². The third-order valence-corrected chi connectivity index (χ3v) is 4.65. The van der Waals surface area contributed by atoms with Crippen LogP contribution in [-0.4, -0.2) is 34.8 Å². The Bertz CT molecular complexity index is 363. The fraction of sp³-hybridized carbons (Fsp3) is 0.857. The molecule has 1 heterocycles. The quantitative estimate of drug-likeness (QED) is 0.771. The van der Waals surface area contributed by atoms with E-state index in [0.29, 0.717) is 18.4 Å². The van der Waals surface area contributed by atoms with Gasteiger partial charge in [-0.3, -0.25) is 14.5 Å². The summed E-state index contributed by atoms with van der Waals surface area (Å²) in [6, 6.07) is 0.398. The number of rotatable bonds is 3. The second kappa shape index (κ2) is 4.65. The monoisotopic (exact) mass is 250 g/mol. The number of nitrogens with one attached hydrogen (secondary N) is 1. The lowest BCUT2D eigenvalue weighted by Gasteiger charge is -2.29. The Morgan fingerprint density at radius 3 is 2.44 bits per heavy atom. The van der Waals surface area contributed by atoms with Crippen LogP contribution in [0.5, 0.6) is 0 Å². The van der Waals surface area contributed by atoms with Gasteiger partial charge < -0.3 is 5.32 Å². The Kier molecular flexibility index (Phi) is 3.14. The van der Waals surface area contributed by atoms with Gasteiger partial charge in [-0.15, -0.1) is 0 Å². The van der Waals surface area contributed by atoms with Crippen LogP contribution in [0.4, 0.5) is 0 Å². The molecule has 1 saturated heterocycles. The topological polar surface area (TPSA) is 49.4 Å². The summed E-state index contributed by atoms with van der Waals surface area (Å²) in [5.41, 5.74) is 0. The molecule has 3 aliphatic rings. The fourth-order valence-corrected chi connectivity index (χ4v) is 3.32. The molecule has 18 heavy (non-hydrogen) atoms. The summed E-state index contributed by atoms with van der Waals surface area (Å²) < 4.78 is 0. The fourth-order valence-electron chi connectivity index (χ4n) is 3.32. The molecule has 0 aromatic heterocycles. The van der Waals surface area contributed by atoms with Gasteiger partial charge in [0.05, 0.1) is 12.5 Å². The van der Waals surface area contributed by atoms with Crippen LogP contribution in [-0.2, 0) is 9.59 Å². The maximum Gasteiger partial charge on any atom is 0.247 e. The summed E-state index contributed by atoms with van der Waals surface area (Å²) in [7, 11) is 0. The Hall–Kier alpha value is -0.900. The molecule has 3 rings (SSSR count). The lowest BCUT2D eigenvalue weighted by molar-refractivity contribution is -0.142. The maximum absolute atomic E-state index is 12.3. The molecule has 2 amide bonds. The number of amides is 2. The van der Waals surface area contributed by atoms with E-state index in [1.807, 2.05) is 0 Å². The lowest BCUT2D eigenvalue weighted by atomic mass is 9.94. The zero-order valence-corrected chi connectivity index (χ0v) is 11.0. The third kappa shape index (κ3) is 2.18. The number of likely N-dealkylation sites (tertiary alicyclic amines) is 1. The summed E-state index contributed by atoms with van der Waals surface area (Å²) in [6.07, 6.45) is 7.07. The first-order valence-electron chi connectivity index (χ1n) is 7.29. The number of hydrogen-bond donors (Lipinski definition) is 1. The van der Waals surface area contributed by atoms with Crippen molar-refractivity contribution in [1.29, 1.82) is 0 Å². The highest BCUT2D eigenvalue weighted by Crippen LogP contribution is 2.32. The molecule has 4 nitrogen and oxygen atoms in total. The van der Waals surface area contributed by atoms with Crippen molar-refractivity contribution in [1.82, 2.24) is 10.2 Å². The molecular weight excluding hydrogens is 228 g/mol. The van der Waals surface area contributed by atoms with Gasteiger partial charge in [-0.1, -0.05) is 26.2 Å². The van der Waals surface area contributed by atoms with Crippen LogP contribution >= 0.6 is 0 Å². The van der Waals surface area contributed by atoms with Gasteiger partial charge in [-0.05, 0) is 25.2 Å². The highest BCUT2D eigenvalue weighted by atomic mass is 16.2. The van der Waals surface area contributed by atoms with Crippen LogP contribution in [0.25, 0.3) is 0 Å². The van der Waals surface area contributed by atoms with E-state index in [9.17, 15) is 9.59 Å². The van der Waals surface area contributed by atoms with E-state index in [4.69, 9.17) is 0 Å². The number of carbonyl (C=O) groups is 2. The molecule has 1 aliphatic heterocycles. The van der Waals surface area contributed by atoms with E-state index in [-0.39, 0.29) is 23.9 Å². The summed E-state index contributed by atoms with van der Waals surface area (Å²) >= 11 is 0. The minimum Gasteiger partial charge on any atom is -0.302 e. The Morgan fingerprint density at radius 1 is 1.17 bits per heavy atom. The van der Waals surface area contributed by atoms with Crippen molar-refractivity contribution in [2.45, 2.75) is 70.0 Å². The average Bonchev–Trinajstić information content (AvgIpc) is 2.97. The SMILES string of the molecule is CC1CC1NC1CC(=O)N(C2CCCCC2)C1=O. The number of carbonyl (C=O) groups excluding carboxylic acids is 2. The largest absolute Gasteiger partial charge is 0.302 e. The molecule has 3 atom stereocenters. The first-order valence-corrected chi connectivity index (χ1v) is 7.29. The molecule has 0 radical (unpaired) electrons. The highest BCUT2D eigenvalue weighted by Gasteiger charge is 2.45. The van der Waals surface area contributed by atoms with Crippen molar-refractivity contribution < 1.29 is 9.59 Å². The van der Waals surface area contributed by atoms with Gasteiger partial charge in [-0.25, -0.2) is 0 Å². The average molecular weight is 250 g/mol. The molecule has 0 spiro atoms. The van der Waals surface area contributed by atoms with E-state index < -0.39 is 0 Å². The zero-order valence-electron chi connectivity index (χ0n) is 11.0. The Balaban J connectivity index is 1.64. The third-order valence-electron chi connectivity index (χ3n) is 4.65. The first kappa shape index (κ1) is 12.2. The lowest BCUT2D eigenvalue weighted by Crippen LogP contribution is -2.45. The number of imide groups is 1. The Labute approximate surface area is 108 Å². The standard InChI is InChI=1S/C14H22N2O2/c1-9-7-11(9)15-12-8-13(17)16(14(12)18)10-5-3-2-4-6-10/h9-12,15H,2-8H2,1H3. The van der Waals surface area contributed by atoms with Gasteiger partial charge >= 0.3 is 0 Å². The van der Waals surface area contributed by atoms with Gasteiger partial charge in [0.25, 0.3) is 0 Å². The predicted molar refractivity (Wildman–Crippen MR) is 67.8 cm³/mol. The second-order valence-electron chi connectivity index (χ2n) is 6.14. The molecule has 3 unspecified atom stereocenters. The van der Waals surface area contributed by atoms with Crippen LogP contribution < -0.4 is 5.32 Å². The summed E-state index contributed by atoms with van der Waals surface area (Å²) in [5, 5.41) is 3.34. The molecule has 0 aromatic rings. The normalized spacial score (nSPS) is 37.4. The van der Waals surface area contributed by atoms with Gasteiger partial charge in [0.15, 0.2) is 0 Å². The van der Waals surface area contributed by atoms with Gasteiger partial charge in [0, 0.05) is 12.1 Å². The van der Waals surface area contributed by atoms with Gasteiger partial charge in [0.1, 0.15) is 0 Å². The number of hydrogen-bond acceptors (Lipinski definition) is 3. The highest BCUT2D eigenvalue weighted by molar-refractivity contribution is 6.05. The minimum absolute atomic E-state index is 0.0333. The summed E-state index contributed by atoms with van der Waals surface area (Å²) in [6.45, 7) is 2.18. The summed E-state index contributed by atoms with van der Waals surface area (Å²) in [5.74, 6) is 0.736. The molecule has 100 valence electrons. The van der Waals surface area contributed by atoms with Crippen molar-refractivity contribution in [3.63, 3.8) is 0 Å². The van der Waals surface area contributed by atoms with Gasteiger partial charge in [-0.2, -0.15) is 0 Å². The molecular formula is C14H22N2O2. The van der Waals surface area contributed by atoms with Crippen LogP contribution in [0, 0.1) is 5.92 Å². The molecule has 2 saturated carbocycles. The van der Waals surface area contributed by atoms with E-state index in [1.165, 1.54) is 6.42 Å². The van der Waals surface area contributed by atoms with Gasteiger partial charge in [0.2, 0.25) is 11.8 Å². The molecule has 2 aliphatic carbocycles. The van der Waals surface area contributed by atoms with Crippen LogP contribution in [0.1, 0.15) is 51.9 Å². The molecule has 4 heteroatoms. The maximum atomic E-state index is 12.3. The zero-order chi connectivity index (χ0) is 12.7. The molecule has 1 N–H and O–H groups in total. The van der Waals surface area contributed by atoms with E-state index >= 15 is 0 Å². The smallest absolute Gasteiger partial charge is 0.247 e. The Morgan fingerprint density at radius 2 is 1.83 bits per heavy atom. The predicted octanol–water partition coefficient (Wildman–Crippen LogP) is 1.44. The summed E-state index contributed by atoms with van der Waals surface area (Å²) in [4.78, 5) is 25.9. The molecule has 0 bridgehead atoms. The van der Waals surface area contributed by atoms with Crippen molar-refractivity contribution >= 4 is 11.8 Å². The minimum atomic E-state index is -0.241. The number of nitrogens with zero attached hydrogens (tertiary/aromatic N) is 1. The van der Waals surface area contributed by atoms with E-state index in [2.05, 4.69) is 12.2 Å². The molecule has 0 aromatic carbocycles. The second-order valence-corrected chi connectivity index (χ2v) is 6.14. The van der Waals surface area contributed by atoms with Crippen molar-refractivity contribution in [3.8, 4) is 0 Å². The van der Waals surface area contributed by atoms with Crippen molar-refractivity contribution in [2.24, 2.45) is 5.92 Å². The molecule has 3 fully saturated rings.